The van der Waals surface area contributed by atoms with Gasteiger partial charge in [-0.25, -0.2) is 4.79 Å². The molecule has 5 nitrogen and oxygen atoms in total. The second-order valence-corrected chi connectivity index (χ2v) is 5.23. The van der Waals surface area contributed by atoms with Crippen LogP contribution < -0.4 is 5.32 Å². The maximum Gasteiger partial charge on any atom is 0.321 e. The molecule has 2 aromatic carbocycles. The number of fused-ring (bicyclic) bond motifs is 1. The van der Waals surface area contributed by atoms with Crippen LogP contribution in [0.2, 0.25) is 0 Å². The molecular formula is C16H16N2O3. The average molecular weight is 284 g/mol. The first kappa shape index (κ1) is 13.4. The van der Waals surface area contributed by atoms with Crippen molar-refractivity contribution in [3.63, 3.8) is 0 Å². The van der Waals surface area contributed by atoms with Crippen LogP contribution >= 0.6 is 0 Å². The quantitative estimate of drug-likeness (QED) is 0.891. The van der Waals surface area contributed by atoms with Crippen LogP contribution in [0, 0.1) is 5.92 Å². The van der Waals surface area contributed by atoms with E-state index in [4.69, 9.17) is 5.11 Å². The zero-order valence-corrected chi connectivity index (χ0v) is 11.5. The minimum Gasteiger partial charge on any atom is -0.481 e. The number of benzene rings is 2. The fourth-order valence-electron chi connectivity index (χ4n) is 2.67. The van der Waals surface area contributed by atoms with Gasteiger partial charge < -0.3 is 15.3 Å². The number of amides is 2. The Morgan fingerprint density at radius 1 is 1.14 bits per heavy atom. The Labute approximate surface area is 122 Å². The van der Waals surface area contributed by atoms with Crippen molar-refractivity contribution in [3.05, 3.63) is 42.5 Å². The lowest BCUT2D eigenvalue weighted by Gasteiger charge is -2.17. The Morgan fingerprint density at radius 3 is 2.67 bits per heavy atom. The smallest absolute Gasteiger partial charge is 0.321 e. The maximum absolute atomic E-state index is 12.2. The third-order valence-corrected chi connectivity index (χ3v) is 3.86. The second-order valence-electron chi connectivity index (χ2n) is 5.23. The molecular weight excluding hydrogens is 268 g/mol. The van der Waals surface area contributed by atoms with Gasteiger partial charge in [-0.15, -0.1) is 0 Å². The monoisotopic (exact) mass is 284 g/mol. The lowest BCUT2D eigenvalue weighted by Crippen LogP contribution is -2.33. The molecule has 3 rings (SSSR count). The third kappa shape index (κ3) is 2.67. The number of hydrogen-bond acceptors (Lipinski definition) is 2. The summed E-state index contributed by atoms with van der Waals surface area (Å²) in [5.41, 5.74) is 0.747. The number of carboxylic acid groups (broad SMARTS) is 1. The van der Waals surface area contributed by atoms with E-state index in [9.17, 15) is 9.59 Å². The Kier molecular flexibility index (Phi) is 3.48. The highest BCUT2D eigenvalue weighted by molar-refractivity contribution is 6.01. The van der Waals surface area contributed by atoms with Crippen LogP contribution in [0.3, 0.4) is 0 Å². The van der Waals surface area contributed by atoms with Crippen molar-refractivity contribution >= 4 is 28.5 Å². The number of anilines is 1. The minimum absolute atomic E-state index is 0.241. The number of carboxylic acids is 1. The van der Waals surface area contributed by atoms with Crippen molar-refractivity contribution in [1.82, 2.24) is 4.90 Å². The van der Waals surface area contributed by atoms with E-state index in [1.54, 1.807) is 4.90 Å². The Morgan fingerprint density at radius 2 is 1.90 bits per heavy atom. The van der Waals surface area contributed by atoms with E-state index in [2.05, 4.69) is 5.32 Å². The summed E-state index contributed by atoms with van der Waals surface area (Å²) in [5, 5.41) is 13.9. The van der Waals surface area contributed by atoms with Crippen LogP contribution in [0.5, 0.6) is 0 Å². The van der Waals surface area contributed by atoms with Gasteiger partial charge in [0, 0.05) is 18.5 Å². The van der Waals surface area contributed by atoms with E-state index in [-0.39, 0.29) is 12.6 Å². The largest absolute Gasteiger partial charge is 0.481 e. The van der Waals surface area contributed by atoms with Gasteiger partial charge in [0.25, 0.3) is 0 Å². The van der Waals surface area contributed by atoms with Gasteiger partial charge in [-0.2, -0.15) is 0 Å². The Bertz CT molecular complexity index is 693. The molecule has 0 bridgehead atoms. The molecule has 108 valence electrons. The molecule has 5 heteroatoms. The predicted octanol–water partition coefficient (Wildman–Crippen LogP) is 2.78. The van der Waals surface area contributed by atoms with E-state index in [1.165, 1.54) is 0 Å². The van der Waals surface area contributed by atoms with Crippen molar-refractivity contribution in [1.29, 1.82) is 0 Å². The number of aliphatic carboxylic acids is 1. The molecule has 1 saturated heterocycles. The molecule has 1 heterocycles. The van der Waals surface area contributed by atoms with Gasteiger partial charge in [0.15, 0.2) is 0 Å². The van der Waals surface area contributed by atoms with Crippen LogP contribution in [0.15, 0.2) is 42.5 Å². The maximum atomic E-state index is 12.2. The number of nitrogens with one attached hydrogen (secondary N) is 1. The van der Waals surface area contributed by atoms with Crippen molar-refractivity contribution < 1.29 is 14.7 Å². The van der Waals surface area contributed by atoms with E-state index < -0.39 is 11.9 Å². The van der Waals surface area contributed by atoms with Gasteiger partial charge in [-0.05, 0) is 17.9 Å². The first-order chi connectivity index (χ1) is 10.1. The number of likely N-dealkylation sites (tertiary alicyclic amines) is 1. The Balaban J connectivity index is 1.77. The average Bonchev–Trinajstić information content (AvgIpc) is 2.98. The summed E-state index contributed by atoms with van der Waals surface area (Å²) in [6.07, 6.45) is 0.512. The van der Waals surface area contributed by atoms with Gasteiger partial charge >= 0.3 is 12.0 Å². The number of hydrogen-bond donors (Lipinski definition) is 2. The molecule has 1 atom stereocenters. The van der Waals surface area contributed by atoms with Crippen LogP contribution in [0.1, 0.15) is 6.42 Å². The number of carbonyl (C=O) groups excluding carboxylic acids is 1. The van der Waals surface area contributed by atoms with Crippen molar-refractivity contribution in [3.8, 4) is 0 Å². The molecule has 1 aliphatic rings. The molecule has 1 aliphatic heterocycles. The van der Waals surface area contributed by atoms with E-state index in [1.807, 2.05) is 42.5 Å². The lowest BCUT2D eigenvalue weighted by molar-refractivity contribution is -0.141. The van der Waals surface area contributed by atoms with Crippen molar-refractivity contribution in [2.75, 3.05) is 18.4 Å². The second kappa shape index (κ2) is 5.44. The third-order valence-electron chi connectivity index (χ3n) is 3.86. The Hall–Kier alpha value is -2.56. The van der Waals surface area contributed by atoms with Crippen LogP contribution in [-0.2, 0) is 4.79 Å². The first-order valence-corrected chi connectivity index (χ1v) is 6.91. The molecule has 1 fully saturated rings. The molecule has 1 unspecified atom stereocenters. The topological polar surface area (TPSA) is 69.6 Å². The van der Waals surface area contributed by atoms with Gasteiger partial charge in [0.1, 0.15) is 0 Å². The molecule has 0 spiro atoms. The first-order valence-electron chi connectivity index (χ1n) is 6.91. The predicted molar refractivity (Wildman–Crippen MR) is 80.3 cm³/mol. The molecule has 0 aromatic heterocycles. The fourth-order valence-corrected chi connectivity index (χ4v) is 2.67. The van der Waals surface area contributed by atoms with Gasteiger partial charge in [-0.3, -0.25) is 4.79 Å². The summed E-state index contributed by atoms with van der Waals surface area (Å²) in [5.74, 6) is -1.29. The number of carbonyl (C=O) groups is 2. The minimum atomic E-state index is -0.838. The fraction of sp³-hybridized carbons (Fsp3) is 0.250. The molecule has 0 aliphatic carbocycles. The summed E-state index contributed by atoms with van der Waals surface area (Å²) in [6.45, 7) is 0.750. The normalized spacial score (nSPS) is 17.9. The van der Waals surface area contributed by atoms with Crippen LogP contribution in [0.4, 0.5) is 10.5 Å². The highest BCUT2D eigenvalue weighted by Gasteiger charge is 2.30. The van der Waals surface area contributed by atoms with E-state index in [0.717, 1.165) is 16.5 Å². The van der Waals surface area contributed by atoms with Gasteiger partial charge in [0.2, 0.25) is 0 Å². The highest BCUT2D eigenvalue weighted by Crippen LogP contribution is 2.24. The van der Waals surface area contributed by atoms with Crippen molar-refractivity contribution in [2.24, 2.45) is 5.92 Å². The lowest BCUT2D eigenvalue weighted by atomic mass is 10.1. The highest BCUT2D eigenvalue weighted by atomic mass is 16.4. The van der Waals surface area contributed by atoms with E-state index in [0.29, 0.717) is 13.0 Å². The van der Waals surface area contributed by atoms with Gasteiger partial charge in [0.05, 0.1) is 11.6 Å². The molecule has 2 aromatic rings. The summed E-state index contributed by atoms with van der Waals surface area (Å²) >= 11 is 0. The summed E-state index contributed by atoms with van der Waals surface area (Å²) < 4.78 is 0. The standard InChI is InChI=1S/C16H16N2O3/c19-15(20)12-8-9-18(10-12)16(21)17-14-7-3-5-11-4-1-2-6-13(11)14/h1-7,12H,8-10H2,(H,17,21)(H,19,20). The summed E-state index contributed by atoms with van der Waals surface area (Å²) in [6, 6.07) is 13.3. The zero-order chi connectivity index (χ0) is 14.8. The summed E-state index contributed by atoms with van der Waals surface area (Å²) in [4.78, 5) is 24.7. The van der Waals surface area contributed by atoms with Crippen molar-refractivity contribution in [2.45, 2.75) is 6.42 Å². The molecule has 0 radical (unpaired) electrons. The number of rotatable bonds is 2. The molecule has 2 amide bonds. The summed E-state index contributed by atoms with van der Waals surface area (Å²) in [7, 11) is 0. The molecule has 0 saturated carbocycles. The zero-order valence-electron chi connectivity index (χ0n) is 11.5. The van der Waals surface area contributed by atoms with Gasteiger partial charge in [-0.1, -0.05) is 36.4 Å². The number of nitrogens with zero attached hydrogens (tertiary/aromatic N) is 1. The molecule has 2 N–H and O–H groups in total. The van der Waals surface area contributed by atoms with E-state index >= 15 is 0 Å². The van der Waals surface area contributed by atoms with Crippen LogP contribution in [0.25, 0.3) is 10.8 Å². The number of urea groups is 1. The van der Waals surface area contributed by atoms with Crippen LogP contribution in [-0.4, -0.2) is 35.1 Å². The SMILES string of the molecule is O=C(O)C1CCN(C(=O)Nc2cccc3ccccc23)C1. The molecule has 21 heavy (non-hydrogen) atoms.